The lowest BCUT2D eigenvalue weighted by Gasteiger charge is -2.04. The number of allylic oxidation sites excluding steroid dienone is 3. The zero-order valence-electron chi connectivity index (χ0n) is 8.02. The lowest BCUT2D eigenvalue weighted by atomic mass is 10.1. The molecule has 0 radical (unpaired) electrons. The van der Waals surface area contributed by atoms with Crippen LogP contribution in [0.3, 0.4) is 0 Å². The SMILES string of the molecule is NC(C=O)CC1=CC(CO)=CCC=C1. The molecule has 0 bridgehead atoms. The van der Waals surface area contributed by atoms with Crippen LogP contribution in [-0.2, 0) is 4.79 Å². The highest BCUT2D eigenvalue weighted by atomic mass is 16.3. The second-order valence-electron chi connectivity index (χ2n) is 3.30. The van der Waals surface area contributed by atoms with Crippen molar-refractivity contribution in [2.24, 2.45) is 5.73 Å². The number of aliphatic hydroxyl groups is 1. The number of carbonyl (C=O) groups excluding carboxylic acids is 1. The second-order valence-corrected chi connectivity index (χ2v) is 3.30. The summed E-state index contributed by atoms with van der Waals surface area (Å²) >= 11 is 0. The maximum absolute atomic E-state index is 10.4. The molecule has 0 aromatic carbocycles. The molecule has 0 amide bonds. The van der Waals surface area contributed by atoms with Crippen LogP contribution in [0.25, 0.3) is 0 Å². The van der Waals surface area contributed by atoms with Crippen LogP contribution in [0.1, 0.15) is 12.8 Å². The van der Waals surface area contributed by atoms with Gasteiger partial charge in [0, 0.05) is 0 Å². The predicted molar refractivity (Wildman–Crippen MR) is 55.7 cm³/mol. The van der Waals surface area contributed by atoms with Crippen molar-refractivity contribution in [3.05, 3.63) is 35.5 Å². The third-order valence-electron chi connectivity index (χ3n) is 2.05. The fourth-order valence-electron chi connectivity index (χ4n) is 1.34. The summed E-state index contributed by atoms with van der Waals surface area (Å²) in [5.74, 6) is 0. The van der Waals surface area contributed by atoms with E-state index in [0.717, 1.165) is 23.9 Å². The molecule has 3 heteroatoms. The van der Waals surface area contributed by atoms with Crippen molar-refractivity contribution in [3.8, 4) is 0 Å². The number of rotatable bonds is 4. The Labute approximate surface area is 83.6 Å². The summed E-state index contributed by atoms with van der Waals surface area (Å²) in [7, 11) is 0. The van der Waals surface area contributed by atoms with Crippen LogP contribution in [0.2, 0.25) is 0 Å². The average Bonchev–Trinajstić information content (AvgIpc) is 2.42. The third kappa shape index (κ3) is 3.28. The minimum Gasteiger partial charge on any atom is -0.392 e. The van der Waals surface area contributed by atoms with E-state index in [1.807, 2.05) is 24.3 Å². The molecule has 0 heterocycles. The number of aliphatic hydroxyl groups excluding tert-OH is 1. The smallest absolute Gasteiger partial charge is 0.137 e. The highest BCUT2D eigenvalue weighted by Gasteiger charge is 2.04. The van der Waals surface area contributed by atoms with Crippen molar-refractivity contribution in [2.45, 2.75) is 18.9 Å². The van der Waals surface area contributed by atoms with Gasteiger partial charge in [-0.15, -0.1) is 0 Å². The summed E-state index contributed by atoms with van der Waals surface area (Å²) in [4.78, 5) is 10.4. The van der Waals surface area contributed by atoms with Crippen LogP contribution in [0, 0.1) is 0 Å². The third-order valence-corrected chi connectivity index (χ3v) is 2.05. The Balaban J connectivity index is 2.70. The van der Waals surface area contributed by atoms with Gasteiger partial charge in [-0.25, -0.2) is 0 Å². The van der Waals surface area contributed by atoms with E-state index >= 15 is 0 Å². The molecule has 0 fully saturated rings. The Morgan fingerprint density at radius 2 is 2.36 bits per heavy atom. The normalized spacial score (nSPS) is 18.1. The number of carbonyl (C=O) groups is 1. The lowest BCUT2D eigenvalue weighted by Crippen LogP contribution is -2.21. The van der Waals surface area contributed by atoms with Crippen molar-refractivity contribution in [1.29, 1.82) is 0 Å². The fourth-order valence-corrected chi connectivity index (χ4v) is 1.34. The molecule has 0 saturated carbocycles. The van der Waals surface area contributed by atoms with E-state index in [-0.39, 0.29) is 6.61 Å². The monoisotopic (exact) mass is 193 g/mol. The Hall–Kier alpha value is -1.19. The van der Waals surface area contributed by atoms with Gasteiger partial charge < -0.3 is 15.6 Å². The molecule has 0 aromatic heterocycles. The van der Waals surface area contributed by atoms with Gasteiger partial charge in [0.2, 0.25) is 0 Å². The van der Waals surface area contributed by atoms with E-state index in [2.05, 4.69) is 0 Å². The molecule has 0 spiro atoms. The first-order valence-corrected chi connectivity index (χ1v) is 4.64. The molecule has 1 unspecified atom stereocenters. The molecule has 14 heavy (non-hydrogen) atoms. The first-order valence-electron chi connectivity index (χ1n) is 4.64. The number of hydrogen-bond donors (Lipinski definition) is 2. The summed E-state index contributed by atoms with van der Waals surface area (Å²) in [6.45, 7) is 0.0293. The van der Waals surface area contributed by atoms with E-state index < -0.39 is 6.04 Å². The molecule has 1 aliphatic rings. The quantitative estimate of drug-likeness (QED) is 0.646. The van der Waals surface area contributed by atoms with Crippen molar-refractivity contribution in [3.63, 3.8) is 0 Å². The van der Waals surface area contributed by atoms with Gasteiger partial charge in [-0.05, 0) is 24.0 Å². The molecule has 1 atom stereocenters. The Bertz CT molecular complexity index is 290. The molecular formula is C11H15NO2. The summed E-state index contributed by atoms with van der Waals surface area (Å²) in [5.41, 5.74) is 7.38. The van der Waals surface area contributed by atoms with Gasteiger partial charge in [0.25, 0.3) is 0 Å². The second kappa shape index (κ2) is 5.52. The van der Waals surface area contributed by atoms with Crippen LogP contribution in [-0.4, -0.2) is 24.0 Å². The zero-order valence-corrected chi connectivity index (χ0v) is 8.02. The number of hydrogen-bond acceptors (Lipinski definition) is 3. The molecule has 3 nitrogen and oxygen atoms in total. The van der Waals surface area contributed by atoms with Gasteiger partial charge in [0.1, 0.15) is 6.29 Å². The van der Waals surface area contributed by atoms with Crippen LogP contribution in [0.5, 0.6) is 0 Å². The summed E-state index contributed by atoms with van der Waals surface area (Å²) in [6.07, 6.45) is 9.85. The van der Waals surface area contributed by atoms with Crippen molar-refractivity contribution >= 4 is 6.29 Å². The molecule has 76 valence electrons. The minimum absolute atomic E-state index is 0.0293. The molecular weight excluding hydrogens is 178 g/mol. The van der Waals surface area contributed by atoms with E-state index in [4.69, 9.17) is 10.8 Å². The van der Waals surface area contributed by atoms with Gasteiger partial charge in [-0.1, -0.05) is 24.3 Å². The molecule has 0 aromatic rings. The summed E-state index contributed by atoms with van der Waals surface area (Å²) in [6, 6.07) is -0.455. The molecule has 0 aliphatic heterocycles. The summed E-state index contributed by atoms with van der Waals surface area (Å²) in [5, 5.41) is 8.98. The highest BCUT2D eigenvalue weighted by molar-refractivity contribution is 5.58. The maximum atomic E-state index is 10.4. The number of aldehydes is 1. The zero-order chi connectivity index (χ0) is 10.4. The fraction of sp³-hybridized carbons (Fsp3) is 0.364. The Morgan fingerprint density at radius 1 is 1.57 bits per heavy atom. The van der Waals surface area contributed by atoms with Gasteiger partial charge in [-0.2, -0.15) is 0 Å². The standard InChI is InChI=1S/C11H15NO2/c12-11(8-14)6-9-3-1-2-4-10(5-9)7-13/h1,3-5,8,11,13H,2,6-7,12H2. The molecule has 0 saturated heterocycles. The maximum Gasteiger partial charge on any atom is 0.137 e. The highest BCUT2D eigenvalue weighted by Crippen LogP contribution is 2.14. The minimum atomic E-state index is -0.455. The van der Waals surface area contributed by atoms with Gasteiger partial charge in [0.05, 0.1) is 12.6 Å². The van der Waals surface area contributed by atoms with E-state index in [9.17, 15) is 4.79 Å². The largest absolute Gasteiger partial charge is 0.392 e. The van der Waals surface area contributed by atoms with E-state index in [0.29, 0.717) is 6.42 Å². The van der Waals surface area contributed by atoms with Crippen LogP contribution in [0.4, 0.5) is 0 Å². The molecule has 3 N–H and O–H groups in total. The average molecular weight is 193 g/mol. The topological polar surface area (TPSA) is 63.3 Å². The predicted octanol–water partition coefficient (Wildman–Crippen LogP) is 0.708. The van der Waals surface area contributed by atoms with Crippen molar-refractivity contribution in [2.75, 3.05) is 6.61 Å². The van der Waals surface area contributed by atoms with Crippen molar-refractivity contribution < 1.29 is 9.90 Å². The van der Waals surface area contributed by atoms with Crippen molar-refractivity contribution in [1.82, 2.24) is 0 Å². The van der Waals surface area contributed by atoms with Crippen LogP contribution >= 0.6 is 0 Å². The van der Waals surface area contributed by atoms with E-state index in [1.165, 1.54) is 0 Å². The Morgan fingerprint density at radius 3 is 3.00 bits per heavy atom. The van der Waals surface area contributed by atoms with E-state index in [1.54, 1.807) is 0 Å². The molecule has 1 aliphatic carbocycles. The summed E-state index contributed by atoms with van der Waals surface area (Å²) < 4.78 is 0. The lowest BCUT2D eigenvalue weighted by molar-refractivity contribution is -0.108. The van der Waals surface area contributed by atoms with Gasteiger partial charge >= 0.3 is 0 Å². The number of nitrogens with two attached hydrogens (primary N) is 1. The van der Waals surface area contributed by atoms with Gasteiger partial charge in [0.15, 0.2) is 0 Å². The Kier molecular flexibility index (Phi) is 4.29. The van der Waals surface area contributed by atoms with Crippen LogP contribution in [0.15, 0.2) is 35.5 Å². The van der Waals surface area contributed by atoms with Crippen LogP contribution < -0.4 is 5.73 Å². The molecule has 1 rings (SSSR count). The first kappa shape index (κ1) is 10.9. The first-order chi connectivity index (χ1) is 6.76. The van der Waals surface area contributed by atoms with Gasteiger partial charge in [-0.3, -0.25) is 0 Å².